The normalized spacial score (nSPS) is 31.8. The monoisotopic (exact) mass is 208 g/mol. The van der Waals surface area contributed by atoms with Crippen LogP contribution in [0.3, 0.4) is 0 Å². The van der Waals surface area contributed by atoms with Gasteiger partial charge in [-0.15, -0.1) is 0 Å². The standard InChI is InChI=1S/C11H20N4/c1-8-4-5-9(12-2)6-10(8)11-13-7-14-15(11)3/h7-10,12H,4-6H2,1-3H3. The van der Waals surface area contributed by atoms with Crippen LogP contribution in [-0.4, -0.2) is 27.9 Å². The molecule has 1 fully saturated rings. The van der Waals surface area contributed by atoms with Crippen LogP contribution in [0.25, 0.3) is 0 Å². The average Bonchev–Trinajstić information content (AvgIpc) is 2.65. The number of aryl methyl sites for hydroxylation is 1. The summed E-state index contributed by atoms with van der Waals surface area (Å²) in [6.45, 7) is 2.32. The summed E-state index contributed by atoms with van der Waals surface area (Å²) in [5.41, 5.74) is 0. The second kappa shape index (κ2) is 4.31. The zero-order valence-electron chi connectivity index (χ0n) is 9.77. The zero-order chi connectivity index (χ0) is 10.8. The van der Waals surface area contributed by atoms with Crippen LogP contribution in [0.5, 0.6) is 0 Å². The van der Waals surface area contributed by atoms with Gasteiger partial charge in [0.1, 0.15) is 12.2 Å². The second-order valence-corrected chi connectivity index (χ2v) is 4.62. The summed E-state index contributed by atoms with van der Waals surface area (Å²) in [4.78, 5) is 4.38. The average molecular weight is 208 g/mol. The number of aromatic nitrogens is 3. The van der Waals surface area contributed by atoms with Crippen LogP contribution in [0.4, 0.5) is 0 Å². The topological polar surface area (TPSA) is 42.7 Å². The third-order valence-electron chi connectivity index (χ3n) is 3.68. The van der Waals surface area contributed by atoms with Gasteiger partial charge in [-0.1, -0.05) is 6.92 Å². The molecule has 0 amide bonds. The molecule has 1 aromatic rings. The van der Waals surface area contributed by atoms with Crippen molar-refractivity contribution in [2.24, 2.45) is 13.0 Å². The first-order chi connectivity index (χ1) is 7.22. The molecule has 0 saturated heterocycles. The van der Waals surface area contributed by atoms with Crippen LogP contribution in [0, 0.1) is 5.92 Å². The lowest BCUT2D eigenvalue weighted by Crippen LogP contribution is -2.34. The summed E-state index contributed by atoms with van der Waals surface area (Å²) in [6, 6.07) is 0.642. The van der Waals surface area contributed by atoms with Crippen LogP contribution < -0.4 is 5.32 Å². The molecule has 1 saturated carbocycles. The van der Waals surface area contributed by atoms with Crippen molar-refractivity contribution < 1.29 is 0 Å². The van der Waals surface area contributed by atoms with Crippen molar-refractivity contribution in [2.75, 3.05) is 7.05 Å². The van der Waals surface area contributed by atoms with Crippen LogP contribution in [0.2, 0.25) is 0 Å². The van der Waals surface area contributed by atoms with Gasteiger partial charge in [-0.2, -0.15) is 5.10 Å². The van der Waals surface area contributed by atoms with Gasteiger partial charge < -0.3 is 5.32 Å². The van der Waals surface area contributed by atoms with E-state index < -0.39 is 0 Å². The fourth-order valence-corrected chi connectivity index (χ4v) is 2.58. The number of nitrogens with zero attached hydrogens (tertiary/aromatic N) is 3. The van der Waals surface area contributed by atoms with E-state index in [1.54, 1.807) is 6.33 Å². The minimum Gasteiger partial charge on any atom is -0.317 e. The first kappa shape index (κ1) is 10.6. The molecule has 1 N–H and O–H groups in total. The van der Waals surface area contributed by atoms with Gasteiger partial charge >= 0.3 is 0 Å². The van der Waals surface area contributed by atoms with Gasteiger partial charge in [0, 0.05) is 19.0 Å². The highest BCUT2D eigenvalue weighted by Gasteiger charge is 2.30. The highest BCUT2D eigenvalue weighted by Crippen LogP contribution is 2.36. The van der Waals surface area contributed by atoms with Crippen LogP contribution in [0.1, 0.15) is 37.9 Å². The molecule has 1 aromatic heterocycles. The van der Waals surface area contributed by atoms with E-state index in [0.717, 1.165) is 11.7 Å². The smallest absolute Gasteiger partial charge is 0.138 e. The minimum absolute atomic E-state index is 0.559. The summed E-state index contributed by atoms with van der Waals surface area (Å²) in [6.07, 6.45) is 5.41. The largest absolute Gasteiger partial charge is 0.317 e. The molecule has 4 heteroatoms. The Morgan fingerprint density at radius 3 is 2.87 bits per heavy atom. The van der Waals surface area contributed by atoms with Gasteiger partial charge in [-0.25, -0.2) is 4.98 Å². The Morgan fingerprint density at radius 2 is 2.27 bits per heavy atom. The molecular weight excluding hydrogens is 188 g/mol. The fourth-order valence-electron chi connectivity index (χ4n) is 2.58. The third-order valence-corrected chi connectivity index (χ3v) is 3.68. The van der Waals surface area contributed by atoms with E-state index >= 15 is 0 Å². The molecule has 0 bridgehead atoms. The maximum absolute atomic E-state index is 4.38. The summed E-state index contributed by atoms with van der Waals surface area (Å²) >= 11 is 0. The molecule has 2 rings (SSSR count). The van der Waals surface area contributed by atoms with Crippen molar-refractivity contribution >= 4 is 0 Å². The van der Waals surface area contributed by atoms with Gasteiger partial charge in [-0.05, 0) is 32.2 Å². The molecule has 84 valence electrons. The number of hydrogen-bond acceptors (Lipinski definition) is 3. The molecule has 1 aliphatic carbocycles. The van der Waals surface area contributed by atoms with Gasteiger partial charge in [0.05, 0.1) is 0 Å². The molecule has 3 unspecified atom stereocenters. The van der Waals surface area contributed by atoms with Crippen molar-refractivity contribution in [3.8, 4) is 0 Å². The minimum atomic E-state index is 0.559. The van der Waals surface area contributed by atoms with E-state index in [2.05, 4.69) is 22.3 Å². The SMILES string of the molecule is CNC1CCC(C)C(c2ncnn2C)C1. The first-order valence-electron chi connectivity index (χ1n) is 5.73. The second-order valence-electron chi connectivity index (χ2n) is 4.62. The summed E-state index contributed by atoms with van der Waals surface area (Å²) in [7, 11) is 4.03. The highest BCUT2D eigenvalue weighted by atomic mass is 15.3. The maximum Gasteiger partial charge on any atom is 0.138 e. The Labute approximate surface area is 91.1 Å². The predicted molar refractivity (Wildman–Crippen MR) is 59.6 cm³/mol. The van der Waals surface area contributed by atoms with E-state index in [1.165, 1.54) is 19.3 Å². The molecular formula is C11H20N4. The van der Waals surface area contributed by atoms with Gasteiger partial charge in [-0.3, -0.25) is 4.68 Å². The maximum atomic E-state index is 4.38. The van der Waals surface area contributed by atoms with Gasteiger partial charge in [0.25, 0.3) is 0 Å². The molecule has 1 aliphatic rings. The molecule has 4 nitrogen and oxygen atoms in total. The fraction of sp³-hybridized carbons (Fsp3) is 0.818. The van der Waals surface area contributed by atoms with Crippen molar-refractivity contribution in [1.82, 2.24) is 20.1 Å². The lowest BCUT2D eigenvalue weighted by atomic mass is 9.77. The number of rotatable bonds is 2. The lowest BCUT2D eigenvalue weighted by molar-refractivity contribution is 0.264. The van der Waals surface area contributed by atoms with E-state index in [-0.39, 0.29) is 0 Å². The Balaban J connectivity index is 2.16. The molecule has 3 atom stereocenters. The van der Waals surface area contributed by atoms with E-state index in [1.807, 2.05) is 18.8 Å². The number of nitrogens with one attached hydrogen (secondary N) is 1. The van der Waals surface area contributed by atoms with Crippen LogP contribution in [-0.2, 0) is 7.05 Å². The quantitative estimate of drug-likeness (QED) is 0.796. The van der Waals surface area contributed by atoms with E-state index in [0.29, 0.717) is 12.0 Å². The van der Waals surface area contributed by atoms with Crippen LogP contribution in [0.15, 0.2) is 6.33 Å². The van der Waals surface area contributed by atoms with Gasteiger partial charge in [0.2, 0.25) is 0 Å². The molecule has 0 aliphatic heterocycles. The van der Waals surface area contributed by atoms with Crippen molar-refractivity contribution in [3.05, 3.63) is 12.2 Å². The Kier molecular flexibility index (Phi) is 3.05. The lowest BCUT2D eigenvalue weighted by Gasteiger charge is -2.33. The van der Waals surface area contributed by atoms with Gasteiger partial charge in [0.15, 0.2) is 0 Å². The number of hydrogen-bond donors (Lipinski definition) is 1. The predicted octanol–water partition coefficient (Wildman–Crippen LogP) is 1.31. The molecule has 0 radical (unpaired) electrons. The molecule has 0 aromatic carbocycles. The van der Waals surface area contributed by atoms with Crippen molar-refractivity contribution in [3.63, 3.8) is 0 Å². The zero-order valence-corrected chi connectivity index (χ0v) is 9.77. The Hall–Kier alpha value is -0.900. The first-order valence-corrected chi connectivity index (χ1v) is 5.73. The molecule has 15 heavy (non-hydrogen) atoms. The molecule has 0 spiro atoms. The molecule has 1 heterocycles. The highest BCUT2D eigenvalue weighted by molar-refractivity contribution is 5.01. The van der Waals surface area contributed by atoms with Crippen LogP contribution >= 0.6 is 0 Å². The van der Waals surface area contributed by atoms with E-state index in [9.17, 15) is 0 Å². The summed E-state index contributed by atoms with van der Waals surface area (Å²) in [5.74, 6) is 2.42. The summed E-state index contributed by atoms with van der Waals surface area (Å²) in [5, 5.41) is 7.54. The third kappa shape index (κ3) is 2.04. The van der Waals surface area contributed by atoms with Crippen molar-refractivity contribution in [2.45, 2.75) is 38.1 Å². The summed E-state index contributed by atoms with van der Waals surface area (Å²) < 4.78 is 1.92. The Morgan fingerprint density at radius 1 is 1.47 bits per heavy atom. The van der Waals surface area contributed by atoms with Crippen molar-refractivity contribution in [1.29, 1.82) is 0 Å². The Bertz CT molecular complexity index is 320. The van der Waals surface area contributed by atoms with E-state index in [4.69, 9.17) is 0 Å².